The summed E-state index contributed by atoms with van der Waals surface area (Å²) in [5.74, 6) is -2.17. The van der Waals surface area contributed by atoms with Crippen LogP contribution in [0.25, 0.3) is 0 Å². The summed E-state index contributed by atoms with van der Waals surface area (Å²) in [5, 5.41) is 4.57. The summed E-state index contributed by atoms with van der Waals surface area (Å²) in [6.07, 6.45) is -0.886. The molecule has 182 valence electrons. The smallest absolute Gasteiger partial charge is 0.407 e. The van der Waals surface area contributed by atoms with Crippen LogP contribution >= 0.6 is 37.3 Å². The first-order chi connectivity index (χ1) is 14.5. The van der Waals surface area contributed by atoms with E-state index < -0.39 is 35.9 Å². The van der Waals surface area contributed by atoms with E-state index >= 15 is 0 Å². The Bertz CT molecular complexity index is 750. The van der Waals surface area contributed by atoms with Crippen molar-refractivity contribution < 1.29 is 36.1 Å². The topological polar surface area (TPSA) is 79.7 Å². The first-order valence-electron chi connectivity index (χ1n) is 8.87. The SMILES string of the molecule is C=C(CCNC(=O)C1C(C(F)(F)F)N1SOCC)NC(=O)CO/C=C/C=C(/Cl)C(=C)F.S. The van der Waals surface area contributed by atoms with Crippen molar-refractivity contribution >= 4 is 49.1 Å². The molecule has 1 aliphatic heterocycles. The minimum Gasteiger partial charge on any atom is -0.491 e. The van der Waals surface area contributed by atoms with Crippen LogP contribution in [0.5, 0.6) is 0 Å². The number of allylic oxidation sites excluding steroid dienone is 4. The van der Waals surface area contributed by atoms with Crippen molar-refractivity contribution in [2.24, 2.45) is 0 Å². The number of nitrogens with one attached hydrogen (secondary N) is 2. The lowest BCUT2D eigenvalue weighted by Gasteiger charge is -2.09. The molecule has 0 aliphatic carbocycles. The summed E-state index contributed by atoms with van der Waals surface area (Å²) >= 11 is 5.97. The van der Waals surface area contributed by atoms with Gasteiger partial charge in [0.1, 0.15) is 17.9 Å². The maximum absolute atomic E-state index is 12.9. The molecule has 14 heteroatoms. The summed E-state index contributed by atoms with van der Waals surface area (Å²) in [4.78, 5) is 23.7. The summed E-state index contributed by atoms with van der Waals surface area (Å²) < 4.78 is 62.0. The van der Waals surface area contributed by atoms with Crippen LogP contribution in [-0.4, -0.2) is 54.1 Å². The second-order valence-corrected chi connectivity index (χ2v) is 7.24. The lowest BCUT2D eigenvalue weighted by atomic mass is 10.2. The van der Waals surface area contributed by atoms with Gasteiger partial charge in [-0.05, 0) is 19.1 Å². The molecule has 1 rings (SSSR count). The molecule has 2 N–H and O–H groups in total. The van der Waals surface area contributed by atoms with Gasteiger partial charge in [-0.3, -0.25) is 9.59 Å². The van der Waals surface area contributed by atoms with Crippen LogP contribution in [0.1, 0.15) is 13.3 Å². The van der Waals surface area contributed by atoms with Crippen molar-refractivity contribution in [2.45, 2.75) is 31.6 Å². The highest BCUT2D eigenvalue weighted by molar-refractivity contribution is 7.92. The highest BCUT2D eigenvalue weighted by atomic mass is 35.5. The zero-order valence-corrected chi connectivity index (χ0v) is 19.6. The normalized spacial score (nSPS) is 20.3. The standard InChI is InChI=1S/C18H22ClF4N3O4S.H2S/c1-4-30-31-26-15(16(26)18(21,22)23)17(28)24-8-7-11(2)25-14(27)10-29-9-5-6-13(19)12(3)20;/h5-6,9,15-16H,2-4,7-8,10H2,1H3,(H,24,28)(H,25,27);1H2/b9-5+,13-6+;. The third kappa shape index (κ3) is 10.8. The summed E-state index contributed by atoms with van der Waals surface area (Å²) in [6.45, 7) is 8.00. The van der Waals surface area contributed by atoms with Gasteiger partial charge in [0, 0.05) is 18.7 Å². The summed E-state index contributed by atoms with van der Waals surface area (Å²) in [5.41, 5.74) is 0.235. The van der Waals surface area contributed by atoms with Crippen molar-refractivity contribution in [1.29, 1.82) is 0 Å². The lowest BCUT2D eigenvalue weighted by molar-refractivity contribution is -0.137. The quantitative estimate of drug-likeness (QED) is 0.0963. The van der Waals surface area contributed by atoms with E-state index in [9.17, 15) is 27.2 Å². The maximum atomic E-state index is 12.9. The van der Waals surface area contributed by atoms with E-state index in [1.165, 1.54) is 12.2 Å². The molecule has 0 aromatic carbocycles. The number of hydrogen-bond acceptors (Lipinski definition) is 6. The number of ether oxygens (including phenoxy) is 1. The van der Waals surface area contributed by atoms with Gasteiger partial charge in [-0.2, -0.15) is 31.0 Å². The van der Waals surface area contributed by atoms with E-state index in [1.54, 1.807) is 6.92 Å². The van der Waals surface area contributed by atoms with E-state index in [1.807, 2.05) is 0 Å². The van der Waals surface area contributed by atoms with Crippen molar-refractivity contribution in [2.75, 3.05) is 19.8 Å². The molecule has 32 heavy (non-hydrogen) atoms. The number of nitrogens with zero attached hydrogens (tertiary/aromatic N) is 1. The minimum atomic E-state index is -4.56. The highest BCUT2D eigenvalue weighted by Gasteiger charge is 2.67. The van der Waals surface area contributed by atoms with Crippen LogP contribution in [0.2, 0.25) is 0 Å². The van der Waals surface area contributed by atoms with E-state index in [0.717, 1.165) is 10.6 Å². The van der Waals surface area contributed by atoms with Crippen molar-refractivity contribution in [3.8, 4) is 0 Å². The number of hydrogen-bond donors (Lipinski definition) is 2. The fraction of sp³-hybridized carbons (Fsp3) is 0.444. The van der Waals surface area contributed by atoms with Gasteiger partial charge in [0.15, 0.2) is 6.61 Å². The third-order valence-electron chi connectivity index (χ3n) is 3.55. The fourth-order valence-electron chi connectivity index (χ4n) is 2.13. The first-order valence-corrected chi connectivity index (χ1v) is 9.95. The highest BCUT2D eigenvalue weighted by Crippen LogP contribution is 2.46. The molecule has 1 aliphatic rings. The molecule has 0 saturated carbocycles. The van der Waals surface area contributed by atoms with Gasteiger partial charge in [-0.25, -0.2) is 4.39 Å². The Hall–Kier alpha value is -1.67. The summed E-state index contributed by atoms with van der Waals surface area (Å²) in [6, 6.07) is -3.29. The number of halogens is 5. The van der Waals surface area contributed by atoms with Crippen molar-refractivity contribution in [3.05, 3.63) is 48.1 Å². The van der Waals surface area contributed by atoms with Gasteiger partial charge in [0.2, 0.25) is 5.91 Å². The minimum absolute atomic E-state index is 0. The molecule has 3 unspecified atom stereocenters. The molecule has 1 fully saturated rings. The molecular formula is C18H24ClF4N3O4S2. The average molecular weight is 522 g/mol. The number of alkyl halides is 3. The molecule has 0 aromatic heterocycles. The van der Waals surface area contributed by atoms with Crippen LogP contribution < -0.4 is 10.6 Å². The maximum Gasteiger partial charge on any atom is 0.407 e. The molecular weight excluding hydrogens is 498 g/mol. The zero-order valence-electron chi connectivity index (χ0n) is 17.0. The predicted octanol–water partition coefficient (Wildman–Crippen LogP) is 3.59. The molecule has 0 radical (unpaired) electrons. The third-order valence-corrected chi connectivity index (χ3v) is 4.85. The Morgan fingerprint density at radius 2 is 1.97 bits per heavy atom. The second-order valence-electron chi connectivity index (χ2n) is 6.02. The number of amides is 2. The van der Waals surface area contributed by atoms with E-state index in [-0.39, 0.29) is 50.4 Å². The Morgan fingerprint density at radius 3 is 2.53 bits per heavy atom. The van der Waals surface area contributed by atoms with E-state index in [0.29, 0.717) is 12.2 Å². The van der Waals surface area contributed by atoms with Crippen LogP contribution in [0.3, 0.4) is 0 Å². The van der Waals surface area contributed by atoms with Gasteiger partial charge in [-0.15, -0.1) is 0 Å². The average Bonchev–Trinajstić information content (AvgIpc) is 3.40. The van der Waals surface area contributed by atoms with E-state index in [2.05, 4.69) is 23.8 Å². The zero-order chi connectivity index (χ0) is 23.6. The van der Waals surface area contributed by atoms with Crippen LogP contribution in [0.4, 0.5) is 17.6 Å². The molecule has 2 amide bonds. The summed E-state index contributed by atoms with van der Waals surface area (Å²) in [7, 11) is 0. The van der Waals surface area contributed by atoms with Gasteiger partial charge >= 0.3 is 6.18 Å². The van der Waals surface area contributed by atoms with Crippen molar-refractivity contribution in [3.63, 3.8) is 0 Å². The van der Waals surface area contributed by atoms with Crippen molar-refractivity contribution in [1.82, 2.24) is 14.9 Å². The Balaban J connectivity index is 0.00000961. The fourth-order valence-corrected chi connectivity index (χ4v) is 3.01. The molecule has 1 heterocycles. The van der Waals surface area contributed by atoms with Gasteiger partial charge in [-0.1, -0.05) is 24.8 Å². The van der Waals surface area contributed by atoms with Crippen LogP contribution in [0, 0.1) is 0 Å². The molecule has 3 atom stereocenters. The van der Waals surface area contributed by atoms with E-state index in [4.69, 9.17) is 20.5 Å². The number of carbonyl (C=O) groups is 2. The Kier molecular flexibility index (Phi) is 13.7. The Morgan fingerprint density at radius 1 is 1.31 bits per heavy atom. The predicted molar refractivity (Wildman–Crippen MR) is 119 cm³/mol. The van der Waals surface area contributed by atoms with Crippen LogP contribution in [0.15, 0.2) is 48.1 Å². The van der Waals surface area contributed by atoms with Gasteiger partial charge in [0.25, 0.3) is 5.91 Å². The number of rotatable bonds is 13. The van der Waals surface area contributed by atoms with Crippen LogP contribution in [-0.2, 0) is 18.5 Å². The molecule has 1 saturated heterocycles. The molecule has 7 nitrogen and oxygen atoms in total. The molecule has 0 aromatic rings. The lowest BCUT2D eigenvalue weighted by Crippen LogP contribution is -2.34. The van der Waals surface area contributed by atoms with Gasteiger partial charge in [0.05, 0.1) is 30.1 Å². The number of carbonyl (C=O) groups excluding carboxylic acids is 2. The Labute approximate surface area is 199 Å². The molecule has 0 bridgehead atoms. The second kappa shape index (κ2) is 14.5. The first kappa shape index (κ1) is 30.3. The largest absolute Gasteiger partial charge is 0.491 e. The van der Waals surface area contributed by atoms with Gasteiger partial charge < -0.3 is 19.6 Å². The monoisotopic (exact) mass is 521 g/mol. The molecule has 0 spiro atoms.